The van der Waals surface area contributed by atoms with Crippen molar-refractivity contribution in [3.63, 3.8) is 0 Å². The fraction of sp³-hybridized carbons (Fsp3) is 0.500. The molecular formula is C14H15F6NO2. The van der Waals surface area contributed by atoms with E-state index in [1.54, 1.807) is 6.92 Å². The van der Waals surface area contributed by atoms with E-state index in [1.807, 2.05) is 0 Å². The van der Waals surface area contributed by atoms with E-state index in [9.17, 15) is 31.1 Å². The first-order valence-electron chi connectivity index (χ1n) is 6.65. The van der Waals surface area contributed by atoms with Gasteiger partial charge >= 0.3 is 18.3 Å². The molecule has 1 rings (SSSR count). The Kier molecular flexibility index (Phi) is 6.04. The van der Waals surface area contributed by atoms with Crippen molar-refractivity contribution in [1.29, 1.82) is 0 Å². The normalized spacial score (nSPS) is 13.7. The van der Waals surface area contributed by atoms with Gasteiger partial charge in [-0.15, -0.1) is 0 Å². The minimum absolute atomic E-state index is 0.0293. The summed E-state index contributed by atoms with van der Waals surface area (Å²) >= 11 is 0. The van der Waals surface area contributed by atoms with Gasteiger partial charge in [0.15, 0.2) is 0 Å². The average molecular weight is 343 g/mol. The van der Waals surface area contributed by atoms with Gasteiger partial charge in [0.05, 0.1) is 17.7 Å². The Balaban J connectivity index is 3.07. The van der Waals surface area contributed by atoms with E-state index >= 15 is 0 Å². The number of ether oxygens (including phenoxy) is 1. The Hall–Kier alpha value is -1.77. The van der Waals surface area contributed by atoms with Crippen molar-refractivity contribution in [2.75, 3.05) is 6.61 Å². The van der Waals surface area contributed by atoms with Crippen molar-refractivity contribution in [2.24, 2.45) is 5.73 Å². The summed E-state index contributed by atoms with van der Waals surface area (Å²) < 4.78 is 81.0. The number of alkyl halides is 6. The maximum Gasteiger partial charge on any atom is 0.416 e. The second-order valence-corrected chi connectivity index (χ2v) is 4.79. The van der Waals surface area contributed by atoms with Crippen LogP contribution < -0.4 is 5.73 Å². The van der Waals surface area contributed by atoms with Crippen molar-refractivity contribution in [2.45, 2.75) is 38.2 Å². The molecule has 0 aliphatic carbocycles. The quantitative estimate of drug-likeness (QED) is 0.648. The first-order chi connectivity index (χ1) is 10.4. The van der Waals surface area contributed by atoms with E-state index in [0.717, 1.165) is 0 Å². The third-order valence-corrected chi connectivity index (χ3v) is 3.00. The summed E-state index contributed by atoms with van der Waals surface area (Å²) in [5, 5.41) is 0. The van der Waals surface area contributed by atoms with Gasteiger partial charge in [0.1, 0.15) is 0 Å². The van der Waals surface area contributed by atoms with Crippen LogP contribution in [-0.2, 0) is 21.9 Å². The molecule has 2 N–H and O–H groups in total. The van der Waals surface area contributed by atoms with Crippen LogP contribution >= 0.6 is 0 Å². The zero-order valence-corrected chi connectivity index (χ0v) is 12.1. The van der Waals surface area contributed by atoms with E-state index in [0.29, 0.717) is 12.1 Å². The van der Waals surface area contributed by atoms with Crippen LogP contribution in [0, 0.1) is 0 Å². The highest BCUT2D eigenvalue weighted by atomic mass is 19.4. The molecule has 0 aliphatic heterocycles. The highest BCUT2D eigenvalue weighted by Gasteiger charge is 2.37. The van der Waals surface area contributed by atoms with E-state index < -0.39 is 35.5 Å². The molecule has 0 aliphatic rings. The lowest BCUT2D eigenvalue weighted by atomic mass is 9.97. The molecule has 130 valence electrons. The van der Waals surface area contributed by atoms with Crippen molar-refractivity contribution in [3.05, 3.63) is 34.9 Å². The fourth-order valence-electron chi connectivity index (χ4n) is 1.87. The summed E-state index contributed by atoms with van der Waals surface area (Å²) in [6.07, 6.45) is -10.2. The second-order valence-electron chi connectivity index (χ2n) is 4.79. The summed E-state index contributed by atoms with van der Waals surface area (Å²) in [4.78, 5) is 11.2. The van der Waals surface area contributed by atoms with Gasteiger partial charge in [-0.25, -0.2) is 0 Å². The summed E-state index contributed by atoms with van der Waals surface area (Å²) in [6, 6.07) is 0.000305. The number of nitrogens with two attached hydrogens (primary N) is 1. The van der Waals surface area contributed by atoms with E-state index in [4.69, 9.17) is 5.73 Å². The maximum absolute atomic E-state index is 12.7. The smallest absolute Gasteiger partial charge is 0.416 e. The van der Waals surface area contributed by atoms with Crippen LogP contribution in [0.15, 0.2) is 18.2 Å². The lowest BCUT2D eigenvalue weighted by molar-refractivity contribution is -0.144. The number of carbonyl (C=O) groups is 1. The minimum atomic E-state index is -4.93. The molecule has 1 unspecified atom stereocenters. The first kappa shape index (κ1) is 19.3. The molecular weight excluding hydrogens is 328 g/mol. The monoisotopic (exact) mass is 343 g/mol. The standard InChI is InChI=1S/C14H15F6NO2/c1-2-23-12(22)4-3-11(21)8-5-9(13(15,16)17)7-10(6-8)14(18,19)20/h5-7,11H,2-4,21H2,1H3. The maximum atomic E-state index is 12.7. The van der Waals surface area contributed by atoms with Crippen molar-refractivity contribution in [3.8, 4) is 0 Å². The van der Waals surface area contributed by atoms with Crippen molar-refractivity contribution < 1.29 is 35.9 Å². The van der Waals surface area contributed by atoms with Gasteiger partial charge in [-0.2, -0.15) is 26.3 Å². The third kappa shape index (κ3) is 5.74. The van der Waals surface area contributed by atoms with Gasteiger partial charge in [0.25, 0.3) is 0 Å². The third-order valence-electron chi connectivity index (χ3n) is 3.00. The van der Waals surface area contributed by atoms with Gasteiger partial charge in [0, 0.05) is 12.5 Å². The number of benzene rings is 1. The molecule has 0 radical (unpaired) electrons. The van der Waals surface area contributed by atoms with Crippen LogP contribution in [0.1, 0.15) is 42.5 Å². The lowest BCUT2D eigenvalue weighted by Crippen LogP contribution is -2.17. The van der Waals surface area contributed by atoms with E-state index in [1.165, 1.54) is 0 Å². The van der Waals surface area contributed by atoms with Gasteiger partial charge in [-0.05, 0) is 37.1 Å². The molecule has 0 heterocycles. The number of hydrogen-bond acceptors (Lipinski definition) is 3. The topological polar surface area (TPSA) is 52.3 Å². The highest BCUT2D eigenvalue weighted by Crippen LogP contribution is 2.37. The SMILES string of the molecule is CCOC(=O)CCC(N)c1cc(C(F)(F)F)cc(C(F)(F)F)c1. The van der Waals surface area contributed by atoms with Gasteiger partial charge in [-0.1, -0.05) is 0 Å². The molecule has 0 fully saturated rings. The average Bonchev–Trinajstić information content (AvgIpc) is 2.42. The number of halogens is 6. The zero-order valence-electron chi connectivity index (χ0n) is 12.1. The van der Waals surface area contributed by atoms with Crippen LogP contribution in [0.3, 0.4) is 0 Å². The minimum Gasteiger partial charge on any atom is -0.466 e. The molecule has 0 spiro atoms. The Morgan fingerprint density at radius 2 is 1.57 bits per heavy atom. The van der Waals surface area contributed by atoms with E-state index in [2.05, 4.69) is 4.74 Å². The predicted octanol–water partition coefficient (Wildman–Crippen LogP) is 4.07. The molecule has 1 atom stereocenters. The Morgan fingerprint density at radius 3 is 1.96 bits per heavy atom. The summed E-state index contributed by atoms with van der Waals surface area (Å²) in [7, 11) is 0. The first-order valence-corrected chi connectivity index (χ1v) is 6.65. The van der Waals surface area contributed by atoms with Crippen LogP contribution in [0.4, 0.5) is 26.3 Å². The number of esters is 1. The number of rotatable bonds is 5. The molecule has 0 aromatic heterocycles. The van der Waals surface area contributed by atoms with Crippen LogP contribution in [0.2, 0.25) is 0 Å². The molecule has 1 aromatic rings. The summed E-state index contributed by atoms with van der Waals surface area (Å²) in [5.41, 5.74) is 2.41. The predicted molar refractivity (Wildman–Crippen MR) is 69.2 cm³/mol. The van der Waals surface area contributed by atoms with Gasteiger partial charge in [0.2, 0.25) is 0 Å². The Morgan fingerprint density at radius 1 is 1.09 bits per heavy atom. The van der Waals surface area contributed by atoms with E-state index in [-0.39, 0.29) is 31.1 Å². The fourth-order valence-corrected chi connectivity index (χ4v) is 1.87. The van der Waals surface area contributed by atoms with Gasteiger partial charge in [-0.3, -0.25) is 4.79 Å². The summed E-state index contributed by atoms with van der Waals surface area (Å²) in [5.74, 6) is -0.619. The molecule has 0 bridgehead atoms. The summed E-state index contributed by atoms with van der Waals surface area (Å²) in [6.45, 7) is 1.69. The lowest BCUT2D eigenvalue weighted by Gasteiger charge is -2.17. The highest BCUT2D eigenvalue weighted by molar-refractivity contribution is 5.69. The van der Waals surface area contributed by atoms with Crippen LogP contribution in [-0.4, -0.2) is 12.6 Å². The molecule has 1 aromatic carbocycles. The molecule has 9 heteroatoms. The molecule has 23 heavy (non-hydrogen) atoms. The Bertz CT molecular complexity index is 521. The largest absolute Gasteiger partial charge is 0.466 e. The molecule has 0 saturated heterocycles. The van der Waals surface area contributed by atoms with Crippen molar-refractivity contribution in [1.82, 2.24) is 0 Å². The van der Waals surface area contributed by atoms with Crippen molar-refractivity contribution >= 4 is 5.97 Å². The van der Waals surface area contributed by atoms with Gasteiger partial charge < -0.3 is 10.5 Å². The zero-order chi connectivity index (χ0) is 17.8. The number of hydrogen-bond donors (Lipinski definition) is 1. The Labute approximate surface area is 128 Å². The second kappa shape index (κ2) is 7.20. The van der Waals surface area contributed by atoms with Crippen LogP contribution in [0.5, 0.6) is 0 Å². The molecule has 0 amide bonds. The molecule has 3 nitrogen and oxygen atoms in total. The molecule has 0 saturated carbocycles. The van der Waals surface area contributed by atoms with Crippen LogP contribution in [0.25, 0.3) is 0 Å². The number of carbonyl (C=O) groups excluding carboxylic acids is 1.